The summed E-state index contributed by atoms with van der Waals surface area (Å²) in [6, 6.07) is 0. The average Bonchev–Trinajstić information content (AvgIpc) is 3.37. The van der Waals surface area contributed by atoms with E-state index in [9.17, 15) is 25.2 Å². The van der Waals surface area contributed by atoms with E-state index >= 15 is 0 Å². The van der Waals surface area contributed by atoms with Gasteiger partial charge in [0, 0.05) is 18.8 Å². The lowest BCUT2D eigenvalue weighted by atomic mass is 9.43. The third-order valence-corrected chi connectivity index (χ3v) is 13.7. The van der Waals surface area contributed by atoms with Crippen LogP contribution in [-0.4, -0.2) is 50.1 Å². The highest BCUT2D eigenvalue weighted by atomic mass is 16.4. The van der Waals surface area contributed by atoms with Gasteiger partial charge in [-0.25, -0.2) is 0 Å². The zero-order chi connectivity index (χ0) is 25.8. The molecule has 4 N–H and O–H groups in total. The zero-order valence-electron chi connectivity index (χ0n) is 22.9. The van der Waals surface area contributed by atoms with E-state index in [0.29, 0.717) is 34.4 Å². The van der Waals surface area contributed by atoms with Gasteiger partial charge in [-0.15, -0.1) is 0 Å². The normalized spacial score (nSPS) is 50.3. The van der Waals surface area contributed by atoms with Crippen molar-refractivity contribution in [1.82, 2.24) is 0 Å². The molecule has 0 amide bonds. The van der Waals surface area contributed by atoms with Gasteiger partial charge in [-0.2, -0.15) is 0 Å². The summed E-state index contributed by atoms with van der Waals surface area (Å²) >= 11 is 0. The van der Waals surface area contributed by atoms with Crippen molar-refractivity contribution in [3.8, 4) is 0 Å². The zero-order valence-corrected chi connectivity index (χ0v) is 22.9. The van der Waals surface area contributed by atoms with Crippen LogP contribution >= 0.6 is 0 Å². The van der Waals surface area contributed by atoms with Gasteiger partial charge in [0.1, 0.15) is 11.4 Å². The molecule has 0 aliphatic heterocycles. The smallest absolute Gasteiger partial charge is 0.136 e. The number of ketones is 1. The molecule has 0 aromatic carbocycles. The fraction of sp³-hybridized carbons (Fsp3) is 0.967. The number of aliphatic hydroxyl groups is 4. The third kappa shape index (κ3) is 3.17. The molecule has 0 aromatic rings. The molecule has 5 saturated carbocycles. The van der Waals surface area contributed by atoms with Crippen molar-refractivity contribution >= 4 is 5.78 Å². The van der Waals surface area contributed by atoms with Crippen molar-refractivity contribution in [1.29, 1.82) is 0 Å². The van der Waals surface area contributed by atoms with Crippen molar-refractivity contribution in [2.75, 3.05) is 6.61 Å². The number of aliphatic hydroxyl groups excluding tert-OH is 2. The Morgan fingerprint density at radius 2 is 1.69 bits per heavy atom. The van der Waals surface area contributed by atoms with Crippen molar-refractivity contribution in [2.45, 2.75) is 123 Å². The molecule has 200 valence electrons. The summed E-state index contributed by atoms with van der Waals surface area (Å²) in [6.07, 6.45) is 9.54. The van der Waals surface area contributed by atoms with Crippen molar-refractivity contribution in [2.24, 2.45) is 51.2 Å². The molecule has 0 heterocycles. The van der Waals surface area contributed by atoms with Crippen molar-refractivity contribution in [3.63, 3.8) is 0 Å². The molecular weight excluding hydrogens is 440 g/mol. The van der Waals surface area contributed by atoms with E-state index in [1.807, 2.05) is 0 Å². The predicted octanol–water partition coefficient (Wildman–Crippen LogP) is 4.49. The highest BCUT2D eigenvalue weighted by molar-refractivity contribution is 5.82. The number of carbonyl (C=O) groups excluding carboxylic acids is 1. The van der Waals surface area contributed by atoms with Gasteiger partial charge >= 0.3 is 0 Å². The number of hydrogen-bond donors (Lipinski definition) is 4. The van der Waals surface area contributed by atoms with Crippen LogP contribution in [0.2, 0.25) is 0 Å². The SMILES string of the molecule is C[C@@H]([C@H]1CC[C@@]2(C)[C@@H]3CC[C@H]4[C@H](C)C(=O)CC[C@@]45C[C@@]35CC[C@]12C)[C@@H](O)C[C@@](O)(CO)C(C)(C)O. The Balaban J connectivity index is 1.38. The minimum absolute atomic E-state index is 0.0203. The predicted molar refractivity (Wildman–Crippen MR) is 135 cm³/mol. The van der Waals surface area contributed by atoms with Crippen LogP contribution in [0, 0.1) is 51.2 Å². The first kappa shape index (κ1) is 26.1. The molecule has 5 rings (SSSR count). The molecule has 0 radical (unpaired) electrons. The van der Waals surface area contributed by atoms with Gasteiger partial charge < -0.3 is 20.4 Å². The van der Waals surface area contributed by atoms with Gasteiger partial charge in [-0.1, -0.05) is 27.7 Å². The lowest BCUT2D eigenvalue weighted by molar-refractivity contribution is -0.179. The minimum atomic E-state index is -1.73. The quantitative estimate of drug-likeness (QED) is 0.440. The fourth-order valence-electron chi connectivity index (χ4n) is 11.0. The second-order valence-electron chi connectivity index (χ2n) is 14.8. The van der Waals surface area contributed by atoms with Crippen LogP contribution < -0.4 is 0 Å². The lowest BCUT2D eigenvalue weighted by Crippen LogP contribution is -2.57. The summed E-state index contributed by atoms with van der Waals surface area (Å²) in [5.41, 5.74) is -2.04. The Morgan fingerprint density at radius 3 is 2.31 bits per heavy atom. The molecule has 5 fully saturated rings. The maximum Gasteiger partial charge on any atom is 0.136 e. The third-order valence-electron chi connectivity index (χ3n) is 13.7. The van der Waals surface area contributed by atoms with E-state index < -0.39 is 23.9 Å². The van der Waals surface area contributed by atoms with Gasteiger partial charge in [0.05, 0.1) is 18.3 Å². The molecule has 5 nitrogen and oxygen atoms in total. The van der Waals surface area contributed by atoms with E-state index in [-0.39, 0.29) is 29.1 Å². The van der Waals surface area contributed by atoms with Crippen LogP contribution in [0.1, 0.15) is 106 Å². The Hall–Kier alpha value is -0.490. The second-order valence-corrected chi connectivity index (χ2v) is 14.8. The summed E-state index contributed by atoms with van der Waals surface area (Å²) in [6.45, 7) is 11.8. The van der Waals surface area contributed by atoms with Gasteiger partial charge in [0.15, 0.2) is 0 Å². The van der Waals surface area contributed by atoms with Crippen LogP contribution in [0.25, 0.3) is 0 Å². The largest absolute Gasteiger partial charge is 0.393 e. The molecule has 5 aliphatic carbocycles. The maximum atomic E-state index is 12.6. The molecular formula is C30H50O5. The number of carbonyl (C=O) groups is 1. The standard InChI is InChI=1S/C30H50O5/c1-18(23(33)15-30(35,17-31)25(3,4)34)20-9-11-27(6)24-8-7-21-19(2)22(32)10-12-28(21)16-29(24,28)14-13-26(20,27)5/h18-21,23-24,31,33-35H,7-17H2,1-6H3/t18-,19-,20+,21-,23-,24-,26+,27-,28+,29-,30+/m0/s1. The van der Waals surface area contributed by atoms with E-state index in [1.54, 1.807) is 0 Å². The van der Waals surface area contributed by atoms with E-state index in [2.05, 4.69) is 27.7 Å². The Morgan fingerprint density at radius 1 is 1.00 bits per heavy atom. The molecule has 2 spiro atoms. The first-order valence-corrected chi connectivity index (χ1v) is 14.4. The monoisotopic (exact) mass is 490 g/mol. The van der Waals surface area contributed by atoms with E-state index in [1.165, 1.54) is 52.4 Å². The highest BCUT2D eigenvalue weighted by Gasteiger charge is 2.81. The second kappa shape index (κ2) is 7.77. The van der Waals surface area contributed by atoms with Gasteiger partial charge in [-0.05, 0) is 111 Å². The first-order valence-electron chi connectivity index (χ1n) is 14.4. The summed E-state index contributed by atoms with van der Waals surface area (Å²) in [5.74, 6) is 2.34. The molecule has 35 heavy (non-hydrogen) atoms. The first-order chi connectivity index (χ1) is 16.1. The number of fused-ring (bicyclic) bond motifs is 2. The molecule has 0 saturated heterocycles. The Bertz CT molecular complexity index is 880. The number of hydrogen-bond acceptors (Lipinski definition) is 5. The van der Waals surface area contributed by atoms with Crippen LogP contribution in [0.15, 0.2) is 0 Å². The summed E-state index contributed by atoms with van der Waals surface area (Å²) in [5, 5.41) is 42.5. The summed E-state index contributed by atoms with van der Waals surface area (Å²) < 4.78 is 0. The van der Waals surface area contributed by atoms with Crippen LogP contribution in [0.3, 0.4) is 0 Å². The van der Waals surface area contributed by atoms with Crippen LogP contribution in [0.5, 0.6) is 0 Å². The summed E-state index contributed by atoms with van der Waals surface area (Å²) in [7, 11) is 0. The Kier molecular flexibility index (Phi) is 5.80. The number of rotatable bonds is 6. The molecule has 5 aliphatic rings. The highest BCUT2D eigenvalue weighted by Crippen LogP contribution is 2.88. The average molecular weight is 491 g/mol. The minimum Gasteiger partial charge on any atom is -0.393 e. The van der Waals surface area contributed by atoms with Gasteiger partial charge in [0.25, 0.3) is 0 Å². The maximum absolute atomic E-state index is 12.6. The molecule has 0 unspecified atom stereocenters. The van der Waals surface area contributed by atoms with E-state index in [4.69, 9.17) is 0 Å². The van der Waals surface area contributed by atoms with Gasteiger partial charge in [0.2, 0.25) is 0 Å². The Labute approximate surface area is 212 Å². The van der Waals surface area contributed by atoms with Crippen LogP contribution in [0.4, 0.5) is 0 Å². The lowest BCUT2D eigenvalue weighted by Gasteiger charge is -2.62. The van der Waals surface area contributed by atoms with E-state index in [0.717, 1.165) is 19.3 Å². The van der Waals surface area contributed by atoms with Crippen LogP contribution in [-0.2, 0) is 4.79 Å². The molecule has 11 atom stereocenters. The van der Waals surface area contributed by atoms with Crippen molar-refractivity contribution in [3.05, 3.63) is 0 Å². The van der Waals surface area contributed by atoms with Crippen molar-refractivity contribution < 1.29 is 25.2 Å². The molecule has 0 aromatic heterocycles. The molecule has 5 heteroatoms. The van der Waals surface area contributed by atoms with Gasteiger partial charge in [-0.3, -0.25) is 4.79 Å². The molecule has 0 bridgehead atoms. The number of Topliss-reactive ketones (excluding diaryl/α,β-unsaturated/α-hetero) is 1. The topological polar surface area (TPSA) is 98.0 Å². The summed E-state index contributed by atoms with van der Waals surface area (Å²) in [4.78, 5) is 12.6. The fourth-order valence-corrected chi connectivity index (χ4v) is 11.0.